The molecule has 0 saturated carbocycles. The van der Waals surface area contributed by atoms with Crippen molar-refractivity contribution < 1.29 is 15.0 Å². The van der Waals surface area contributed by atoms with E-state index in [0.717, 1.165) is 11.1 Å². The molecule has 1 aromatic rings. The molecule has 0 aliphatic rings. The number of aliphatic carboxylic acids is 1. The van der Waals surface area contributed by atoms with Crippen molar-refractivity contribution in [2.45, 2.75) is 25.8 Å². The fourth-order valence-corrected chi connectivity index (χ4v) is 1.84. The lowest BCUT2D eigenvalue weighted by Crippen LogP contribution is -2.47. The van der Waals surface area contributed by atoms with Crippen molar-refractivity contribution in [2.75, 3.05) is 13.2 Å². The predicted octanol–water partition coefficient (Wildman–Crippen LogP) is 1.27. The molecule has 4 heteroatoms. The lowest BCUT2D eigenvalue weighted by Gasteiger charge is -2.28. The Balaban J connectivity index is 2.99. The Hall–Kier alpha value is -1.39. The van der Waals surface area contributed by atoms with Gasteiger partial charge in [0.25, 0.3) is 0 Å². The quantitative estimate of drug-likeness (QED) is 0.652. The van der Waals surface area contributed by atoms with Gasteiger partial charge in [-0.05, 0) is 37.9 Å². The second-order valence-corrected chi connectivity index (χ2v) is 4.25. The lowest BCUT2D eigenvalue weighted by molar-refractivity contribution is -0.144. The van der Waals surface area contributed by atoms with Crippen molar-refractivity contribution >= 4 is 5.97 Å². The molecule has 17 heavy (non-hydrogen) atoms. The molecule has 94 valence electrons. The number of carbonyl (C=O) groups is 1. The van der Waals surface area contributed by atoms with E-state index in [9.17, 15) is 9.90 Å². The van der Waals surface area contributed by atoms with Crippen LogP contribution < -0.4 is 5.32 Å². The third-order valence-corrected chi connectivity index (χ3v) is 2.92. The third-order valence-electron chi connectivity index (χ3n) is 2.92. The molecule has 0 amide bonds. The molecule has 4 nitrogen and oxygen atoms in total. The fraction of sp³-hybridized carbons (Fsp3) is 0.462. The van der Waals surface area contributed by atoms with Crippen LogP contribution in [0.5, 0.6) is 0 Å². The van der Waals surface area contributed by atoms with Crippen LogP contribution in [0.3, 0.4) is 0 Å². The number of rotatable bonds is 6. The lowest BCUT2D eigenvalue weighted by atomic mass is 9.88. The van der Waals surface area contributed by atoms with Crippen LogP contribution in [0.1, 0.15) is 24.5 Å². The number of aliphatic hydroxyl groups is 1. The van der Waals surface area contributed by atoms with E-state index >= 15 is 0 Å². The fourth-order valence-electron chi connectivity index (χ4n) is 1.84. The molecule has 0 aliphatic heterocycles. The molecule has 0 radical (unpaired) electrons. The minimum absolute atomic E-state index is 0.0521. The summed E-state index contributed by atoms with van der Waals surface area (Å²) in [4.78, 5) is 11.4. The van der Waals surface area contributed by atoms with Crippen molar-refractivity contribution in [1.82, 2.24) is 5.32 Å². The highest BCUT2D eigenvalue weighted by Gasteiger charge is 2.35. The van der Waals surface area contributed by atoms with E-state index in [1.54, 1.807) is 6.92 Å². The van der Waals surface area contributed by atoms with Gasteiger partial charge in [-0.3, -0.25) is 5.32 Å². The summed E-state index contributed by atoms with van der Waals surface area (Å²) in [6, 6.07) is 7.42. The summed E-state index contributed by atoms with van der Waals surface area (Å²) < 4.78 is 0. The van der Waals surface area contributed by atoms with Crippen LogP contribution in [0, 0.1) is 6.92 Å². The summed E-state index contributed by atoms with van der Waals surface area (Å²) in [7, 11) is 0. The Labute approximate surface area is 101 Å². The van der Waals surface area contributed by atoms with Crippen LogP contribution in [-0.4, -0.2) is 29.3 Å². The van der Waals surface area contributed by atoms with Gasteiger partial charge in [-0.15, -0.1) is 0 Å². The van der Waals surface area contributed by atoms with Crippen molar-refractivity contribution in [3.63, 3.8) is 0 Å². The Morgan fingerprint density at radius 3 is 2.59 bits per heavy atom. The van der Waals surface area contributed by atoms with Crippen LogP contribution in [0.4, 0.5) is 0 Å². The van der Waals surface area contributed by atoms with Crippen LogP contribution in [0.15, 0.2) is 24.3 Å². The highest BCUT2D eigenvalue weighted by Crippen LogP contribution is 2.24. The average Bonchev–Trinajstić information content (AvgIpc) is 2.29. The first-order valence-corrected chi connectivity index (χ1v) is 5.67. The van der Waals surface area contributed by atoms with E-state index in [2.05, 4.69) is 5.32 Å². The summed E-state index contributed by atoms with van der Waals surface area (Å²) in [6.45, 7) is 4.06. The number of carboxylic acid groups (broad SMARTS) is 1. The zero-order valence-corrected chi connectivity index (χ0v) is 10.2. The molecular weight excluding hydrogens is 218 g/mol. The maximum absolute atomic E-state index is 11.4. The average molecular weight is 237 g/mol. The third kappa shape index (κ3) is 3.05. The molecule has 0 aliphatic carbocycles. The molecule has 0 spiro atoms. The van der Waals surface area contributed by atoms with Gasteiger partial charge in [0.05, 0.1) is 0 Å². The molecule has 0 heterocycles. The number of carboxylic acids is 1. The maximum atomic E-state index is 11.4. The second kappa shape index (κ2) is 5.80. The van der Waals surface area contributed by atoms with E-state index in [4.69, 9.17) is 5.11 Å². The summed E-state index contributed by atoms with van der Waals surface area (Å²) >= 11 is 0. The number of aliphatic hydroxyl groups excluding tert-OH is 1. The zero-order chi connectivity index (χ0) is 12.9. The van der Waals surface area contributed by atoms with Gasteiger partial charge in [0.15, 0.2) is 0 Å². The van der Waals surface area contributed by atoms with Gasteiger partial charge in [0, 0.05) is 6.61 Å². The number of hydrogen-bond acceptors (Lipinski definition) is 3. The summed E-state index contributed by atoms with van der Waals surface area (Å²) in [5, 5.41) is 21.1. The molecule has 0 bridgehead atoms. The van der Waals surface area contributed by atoms with Crippen molar-refractivity contribution in [1.29, 1.82) is 0 Å². The SMILES string of the molecule is Cc1ccccc1C(C)(NCCCO)C(=O)O. The van der Waals surface area contributed by atoms with Crippen LogP contribution in [0.2, 0.25) is 0 Å². The topological polar surface area (TPSA) is 69.6 Å². The number of benzene rings is 1. The Morgan fingerprint density at radius 2 is 2.06 bits per heavy atom. The van der Waals surface area contributed by atoms with Gasteiger partial charge in [-0.1, -0.05) is 24.3 Å². The monoisotopic (exact) mass is 237 g/mol. The molecule has 1 unspecified atom stereocenters. The van der Waals surface area contributed by atoms with Gasteiger partial charge in [-0.25, -0.2) is 4.79 Å². The molecule has 0 fully saturated rings. The second-order valence-electron chi connectivity index (χ2n) is 4.25. The van der Waals surface area contributed by atoms with E-state index in [-0.39, 0.29) is 6.61 Å². The van der Waals surface area contributed by atoms with E-state index < -0.39 is 11.5 Å². The standard InChI is InChI=1S/C13H19NO3/c1-10-6-3-4-7-11(10)13(2,12(16)17)14-8-5-9-15/h3-4,6-7,14-15H,5,8-9H2,1-2H3,(H,16,17). The smallest absolute Gasteiger partial charge is 0.328 e. The number of nitrogens with one attached hydrogen (secondary N) is 1. The molecule has 0 aromatic heterocycles. The van der Waals surface area contributed by atoms with Crippen molar-refractivity contribution in [3.8, 4) is 0 Å². The van der Waals surface area contributed by atoms with E-state index in [1.165, 1.54) is 0 Å². The highest BCUT2D eigenvalue weighted by molar-refractivity contribution is 5.80. The van der Waals surface area contributed by atoms with Crippen molar-refractivity contribution in [2.24, 2.45) is 0 Å². The predicted molar refractivity (Wildman–Crippen MR) is 65.9 cm³/mol. The molecule has 1 atom stereocenters. The highest BCUT2D eigenvalue weighted by atomic mass is 16.4. The Morgan fingerprint density at radius 1 is 1.41 bits per heavy atom. The van der Waals surface area contributed by atoms with Gasteiger partial charge in [-0.2, -0.15) is 0 Å². The first-order valence-electron chi connectivity index (χ1n) is 5.67. The molecule has 0 saturated heterocycles. The Kier molecular flexibility index (Phi) is 4.66. The minimum atomic E-state index is -1.11. The van der Waals surface area contributed by atoms with Crippen LogP contribution in [0.25, 0.3) is 0 Å². The summed E-state index contributed by atoms with van der Waals surface area (Å²) in [6.07, 6.45) is 0.536. The van der Waals surface area contributed by atoms with Crippen molar-refractivity contribution in [3.05, 3.63) is 35.4 Å². The zero-order valence-electron chi connectivity index (χ0n) is 10.2. The largest absolute Gasteiger partial charge is 0.480 e. The number of hydrogen-bond donors (Lipinski definition) is 3. The summed E-state index contributed by atoms with van der Waals surface area (Å²) in [5.74, 6) is -0.912. The minimum Gasteiger partial charge on any atom is -0.480 e. The van der Waals surface area contributed by atoms with E-state index in [0.29, 0.717) is 13.0 Å². The first-order chi connectivity index (χ1) is 8.02. The molecule has 1 rings (SSSR count). The molecule has 3 N–H and O–H groups in total. The van der Waals surface area contributed by atoms with Crippen LogP contribution >= 0.6 is 0 Å². The molecular formula is C13H19NO3. The summed E-state index contributed by atoms with van der Waals surface area (Å²) in [5.41, 5.74) is 0.583. The van der Waals surface area contributed by atoms with Gasteiger partial charge in [0.2, 0.25) is 0 Å². The Bertz CT molecular complexity index is 392. The van der Waals surface area contributed by atoms with Crippen LogP contribution in [-0.2, 0) is 10.3 Å². The van der Waals surface area contributed by atoms with Gasteiger partial charge < -0.3 is 10.2 Å². The maximum Gasteiger partial charge on any atom is 0.328 e. The number of aryl methyl sites for hydroxylation is 1. The van der Waals surface area contributed by atoms with Gasteiger partial charge >= 0.3 is 5.97 Å². The van der Waals surface area contributed by atoms with Gasteiger partial charge in [0.1, 0.15) is 5.54 Å². The first kappa shape index (κ1) is 13.7. The molecule has 1 aromatic carbocycles. The van der Waals surface area contributed by atoms with E-state index in [1.807, 2.05) is 31.2 Å². The normalized spacial score (nSPS) is 14.3.